The van der Waals surface area contributed by atoms with Gasteiger partial charge in [0.15, 0.2) is 6.61 Å². The van der Waals surface area contributed by atoms with Gasteiger partial charge in [-0.15, -0.1) is 0 Å². The van der Waals surface area contributed by atoms with Gasteiger partial charge in [0, 0.05) is 6.54 Å². The minimum Gasteiger partial charge on any atom is -0.482 e. The summed E-state index contributed by atoms with van der Waals surface area (Å²) in [6, 6.07) is 4.11. The van der Waals surface area contributed by atoms with E-state index in [2.05, 4.69) is 5.32 Å². The number of nitrogen functional groups attached to an aromatic ring is 1. The number of aromatic carboxylic acids is 1. The van der Waals surface area contributed by atoms with Crippen LogP contribution in [0.1, 0.15) is 23.7 Å². The molecule has 0 radical (unpaired) electrons. The molecule has 0 atom stereocenters. The van der Waals surface area contributed by atoms with E-state index in [4.69, 9.17) is 15.6 Å². The first-order chi connectivity index (χ1) is 8.54. The summed E-state index contributed by atoms with van der Waals surface area (Å²) in [6.07, 6.45) is 0.836. The lowest BCUT2D eigenvalue weighted by Gasteiger charge is -2.09. The van der Waals surface area contributed by atoms with Crippen molar-refractivity contribution >= 4 is 17.6 Å². The SMILES string of the molecule is CCCNC(=O)COc1cc(C(=O)O)ccc1N. The van der Waals surface area contributed by atoms with Crippen LogP contribution >= 0.6 is 0 Å². The standard InChI is InChI=1S/C12H16N2O4/c1-2-5-14-11(15)7-18-10-6-8(12(16)17)3-4-9(10)13/h3-4,6H,2,5,7,13H2,1H3,(H,14,15)(H,16,17). The Morgan fingerprint density at radius 2 is 2.17 bits per heavy atom. The van der Waals surface area contributed by atoms with E-state index < -0.39 is 5.97 Å². The van der Waals surface area contributed by atoms with E-state index in [0.29, 0.717) is 12.2 Å². The van der Waals surface area contributed by atoms with Crippen molar-refractivity contribution in [2.45, 2.75) is 13.3 Å². The zero-order valence-corrected chi connectivity index (χ0v) is 10.1. The molecule has 0 heterocycles. The molecule has 0 fully saturated rings. The Hall–Kier alpha value is -2.24. The molecule has 6 heteroatoms. The number of nitrogens with one attached hydrogen (secondary N) is 1. The Morgan fingerprint density at radius 1 is 1.44 bits per heavy atom. The molecule has 0 aromatic heterocycles. The summed E-state index contributed by atoms with van der Waals surface area (Å²) in [5.74, 6) is -1.14. The second-order valence-corrected chi connectivity index (χ2v) is 3.70. The number of ether oxygens (including phenoxy) is 1. The number of carboxylic acids is 1. The highest BCUT2D eigenvalue weighted by atomic mass is 16.5. The Bertz CT molecular complexity index is 446. The molecule has 0 bridgehead atoms. The van der Waals surface area contributed by atoms with Gasteiger partial charge in [0.2, 0.25) is 0 Å². The molecule has 4 N–H and O–H groups in total. The number of carbonyl (C=O) groups is 2. The van der Waals surface area contributed by atoms with E-state index in [0.717, 1.165) is 6.42 Å². The molecule has 0 aliphatic heterocycles. The van der Waals surface area contributed by atoms with Gasteiger partial charge in [0.25, 0.3) is 5.91 Å². The number of amides is 1. The highest BCUT2D eigenvalue weighted by Gasteiger charge is 2.09. The smallest absolute Gasteiger partial charge is 0.335 e. The lowest BCUT2D eigenvalue weighted by atomic mass is 10.2. The Kier molecular flexibility index (Phi) is 4.98. The number of carboxylic acid groups (broad SMARTS) is 1. The number of carbonyl (C=O) groups excluding carboxylic acids is 1. The van der Waals surface area contributed by atoms with Crippen LogP contribution in [0.15, 0.2) is 18.2 Å². The molecule has 98 valence electrons. The molecule has 0 unspecified atom stereocenters. The normalized spacial score (nSPS) is 9.83. The number of rotatable bonds is 6. The summed E-state index contributed by atoms with van der Waals surface area (Å²) in [5, 5.41) is 11.5. The predicted octanol–water partition coefficient (Wildman–Crippen LogP) is 0.872. The van der Waals surface area contributed by atoms with Gasteiger partial charge in [-0.05, 0) is 24.6 Å². The number of anilines is 1. The minimum absolute atomic E-state index is 0.0631. The fourth-order valence-corrected chi connectivity index (χ4v) is 1.25. The molecular weight excluding hydrogens is 236 g/mol. The third kappa shape index (κ3) is 3.97. The molecule has 0 saturated heterocycles. The van der Waals surface area contributed by atoms with Crippen LogP contribution in [0.4, 0.5) is 5.69 Å². The third-order valence-corrected chi connectivity index (χ3v) is 2.19. The lowest BCUT2D eigenvalue weighted by Crippen LogP contribution is -2.29. The summed E-state index contributed by atoms with van der Waals surface area (Å²) in [7, 11) is 0. The van der Waals surface area contributed by atoms with Crippen LogP contribution in [-0.2, 0) is 4.79 Å². The number of benzene rings is 1. The van der Waals surface area contributed by atoms with E-state index in [9.17, 15) is 9.59 Å². The van der Waals surface area contributed by atoms with Crippen molar-refractivity contribution in [3.8, 4) is 5.75 Å². The zero-order valence-electron chi connectivity index (χ0n) is 10.1. The molecule has 0 aliphatic carbocycles. The van der Waals surface area contributed by atoms with Crippen LogP contribution < -0.4 is 15.8 Å². The second kappa shape index (κ2) is 6.48. The van der Waals surface area contributed by atoms with E-state index in [-0.39, 0.29) is 23.8 Å². The van der Waals surface area contributed by atoms with Gasteiger partial charge in [0.05, 0.1) is 11.3 Å². The van der Waals surface area contributed by atoms with Crippen molar-refractivity contribution in [2.75, 3.05) is 18.9 Å². The molecular formula is C12H16N2O4. The fourth-order valence-electron chi connectivity index (χ4n) is 1.25. The maximum atomic E-state index is 11.3. The van der Waals surface area contributed by atoms with Crippen molar-refractivity contribution in [1.82, 2.24) is 5.32 Å². The predicted molar refractivity (Wildman–Crippen MR) is 66.6 cm³/mol. The van der Waals surface area contributed by atoms with Crippen LogP contribution in [0.2, 0.25) is 0 Å². The van der Waals surface area contributed by atoms with Gasteiger partial charge in [0.1, 0.15) is 5.75 Å². The van der Waals surface area contributed by atoms with Gasteiger partial charge in [-0.1, -0.05) is 6.92 Å². The average Bonchev–Trinajstić information content (AvgIpc) is 2.35. The first kappa shape index (κ1) is 13.8. The van der Waals surface area contributed by atoms with E-state index in [1.165, 1.54) is 18.2 Å². The van der Waals surface area contributed by atoms with E-state index in [1.54, 1.807) is 0 Å². The number of hydrogen-bond acceptors (Lipinski definition) is 4. The first-order valence-corrected chi connectivity index (χ1v) is 5.57. The monoisotopic (exact) mass is 252 g/mol. The molecule has 0 aliphatic rings. The summed E-state index contributed by atoms with van der Waals surface area (Å²) in [6.45, 7) is 2.33. The van der Waals surface area contributed by atoms with Crippen LogP contribution in [0.5, 0.6) is 5.75 Å². The van der Waals surface area contributed by atoms with Crippen molar-refractivity contribution in [1.29, 1.82) is 0 Å². The van der Waals surface area contributed by atoms with E-state index >= 15 is 0 Å². The molecule has 1 aromatic carbocycles. The molecule has 6 nitrogen and oxygen atoms in total. The number of nitrogens with two attached hydrogens (primary N) is 1. The largest absolute Gasteiger partial charge is 0.482 e. The summed E-state index contributed by atoms with van der Waals surface area (Å²) in [4.78, 5) is 22.1. The summed E-state index contributed by atoms with van der Waals surface area (Å²) < 4.78 is 5.19. The fraction of sp³-hybridized carbons (Fsp3) is 0.333. The average molecular weight is 252 g/mol. The molecule has 1 amide bonds. The maximum Gasteiger partial charge on any atom is 0.335 e. The molecule has 1 rings (SSSR count). The zero-order chi connectivity index (χ0) is 13.5. The Morgan fingerprint density at radius 3 is 2.78 bits per heavy atom. The third-order valence-electron chi connectivity index (χ3n) is 2.19. The van der Waals surface area contributed by atoms with Crippen molar-refractivity contribution in [3.05, 3.63) is 23.8 Å². The van der Waals surface area contributed by atoms with Crippen molar-refractivity contribution in [2.24, 2.45) is 0 Å². The molecule has 0 spiro atoms. The molecule has 18 heavy (non-hydrogen) atoms. The van der Waals surface area contributed by atoms with Gasteiger partial charge in [-0.2, -0.15) is 0 Å². The minimum atomic E-state index is -1.07. The molecule has 1 aromatic rings. The maximum absolute atomic E-state index is 11.3. The Labute approximate surface area is 105 Å². The first-order valence-electron chi connectivity index (χ1n) is 5.57. The van der Waals surface area contributed by atoms with Gasteiger partial charge < -0.3 is 20.9 Å². The van der Waals surface area contributed by atoms with E-state index in [1.807, 2.05) is 6.92 Å². The van der Waals surface area contributed by atoms with Gasteiger partial charge in [-0.3, -0.25) is 4.79 Å². The van der Waals surface area contributed by atoms with Crippen LogP contribution in [0, 0.1) is 0 Å². The highest BCUT2D eigenvalue weighted by molar-refractivity contribution is 5.89. The topological polar surface area (TPSA) is 102 Å². The van der Waals surface area contributed by atoms with Crippen molar-refractivity contribution in [3.63, 3.8) is 0 Å². The summed E-state index contributed by atoms with van der Waals surface area (Å²) >= 11 is 0. The summed E-state index contributed by atoms with van der Waals surface area (Å²) in [5.41, 5.74) is 5.98. The quantitative estimate of drug-likeness (QED) is 0.652. The molecule has 0 saturated carbocycles. The number of hydrogen-bond donors (Lipinski definition) is 3. The van der Waals surface area contributed by atoms with Crippen LogP contribution in [-0.4, -0.2) is 30.1 Å². The van der Waals surface area contributed by atoms with Crippen LogP contribution in [0.3, 0.4) is 0 Å². The van der Waals surface area contributed by atoms with Crippen LogP contribution in [0.25, 0.3) is 0 Å². The lowest BCUT2D eigenvalue weighted by molar-refractivity contribution is -0.123. The second-order valence-electron chi connectivity index (χ2n) is 3.70. The Balaban J connectivity index is 2.63. The van der Waals surface area contributed by atoms with Crippen molar-refractivity contribution < 1.29 is 19.4 Å². The van der Waals surface area contributed by atoms with Gasteiger partial charge in [-0.25, -0.2) is 4.79 Å². The highest BCUT2D eigenvalue weighted by Crippen LogP contribution is 2.22. The van der Waals surface area contributed by atoms with Gasteiger partial charge >= 0.3 is 5.97 Å².